The van der Waals surface area contributed by atoms with Gasteiger partial charge in [0.1, 0.15) is 5.01 Å². The highest BCUT2D eigenvalue weighted by molar-refractivity contribution is 14.0. The number of nitrogens with zero attached hydrogens (tertiary/aromatic N) is 4. The number of hydrogen-bond acceptors (Lipinski definition) is 4. The first-order chi connectivity index (χ1) is 10.2. The molecule has 22 heavy (non-hydrogen) atoms. The van der Waals surface area contributed by atoms with E-state index in [1.54, 1.807) is 16.0 Å². The summed E-state index contributed by atoms with van der Waals surface area (Å²) in [4.78, 5) is 10.3. The first-order valence-corrected chi connectivity index (χ1v) is 7.96. The summed E-state index contributed by atoms with van der Waals surface area (Å²) in [5.74, 6) is 0.801. The Morgan fingerprint density at radius 2 is 2.14 bits per heavy atom. The highest BCUT2D eigenvalue weighted by Gasteiger charge is 2.03. The van der Waals surface area contributed by atoms with Gasteiger partial charge in [0, 0.05) is 36.4 Å². The van der Waals surface area contributed by atoms with Crippen molar-refractivity contribution in [1.82, 2.24) is 25.4 Å². The first kappa shape index (κ1) is 18.9. The highest BCUT2D eigenvalue weighted by atomic mass is 127. The van der Waals surface area contributed by atoms with Crippen LogP contribution in [0.1, 0.15) is 29.3 Å². The number of thiazole rings is 1. The summed E-state index contributed by atoms with van der Waals surface area (Å²) in [6.07, 6.45) is 6.79. The molecular formula is C14H23IN6S. The summed E-state index contributed by atoms with van der Waals surface area (Å²) < 4.78 is 1.78. The number of aryl methyl sites for hydroxylation is 2. The molecule has 2 aromatic rings. The maximum absolute atomic E-state index is 4.56. The van der Waals surface area contributed by atoms with Crippen LogP contribution >= 0.6 is 35.3 Å². The summed E-state index contributed by atoms with van der Waals surface area (Å²) >= 11 is 1.74. The second kappa shape index (κ2) is 9.78. The number of halogens is 1. The number of guanidine groups is 1. The van der Waals surface area contributed by atoms with Gasteiger partial charge in [0.2, 0.25) is 0 Å². The van der Waals surface area contributed by atoms with Crippen LogP contribution in [0.4, 0.5) is 0 Å². The molecule has 0 saturated carbocycles. The SMILES string of the molecule is CCNC(=NCc1cnn(C)c1)NCc1ncc(CC)s1.I. The van der Waals surface area contributed by atoms with Crippen LogP contribution < -0.4 is 10.6 Å². The van der Waals surface area contributed by atoms with Crippen LogP contribution in [0.15, 0.2) is 23.6 Å². The second-order valence-electron chi connectivity index (χ2n) is 4.64. The monoisotopic (exact) mass is 434 g/mol. The fraction of sp³-hybridized carbons (Fsp3) is 0.500. The van der Waals surface area contributed by atoms with Crippen molar-refractivity contribution < 1.29 is 0 Å². The van der Waals surface area contributed by atoms with E-state index in [2.05, 4.69) is 39.6 Å². The van der Waals surface area contributed by atoms with Gasteiger partial charge in [-0.15, -0.1) is 35.3 Å². The Balaban J connectivity index is 0.00000242. The summed E-state index contributed by atoms with van der Waals surface area (Å²) in [6.45, 7) is 6.34. The zero-order chi connectivity index (χ0) is 15.1. The Morgan fingerprint density at radius 3 is 2.73 bits per heavy atom. The van der Waals surface area contributed by atoms with E-state index in [9.17, 15) is 0 Å². The van der Waals surface area contributed by atoms with Crippen molar-refractivity contribution >= 4 is 41.3 Å². The third-order valence-corrected chi connectivity index (χ3v) is 4.02. The number of rotatable bonds is 6. The van der Waals surface area contributed by atoms with Gasteiger partial charge >= 0.3 is 0 Å². The zero-order valence-electron chi connectivity index (χ0n) is 13.2. The molecule has 0 amide bonds. The van der Waals surface area contributed by atoms with Crippen LogP contribution in [-0.2, 0) is 26.6 Å². The van der Waals surface area contributed by atoms with E-state index in [0.29, 0.717) is 13.1 Å². The van der Waals surface area contributed by atoms with Crippen molar-refractivity contribution in [2.24, 2.45) is 12.0 Å². The molecule has 6 nitrogen and oxygen atoms in total. The standard InChI is InChI=1S/C14H22N6S.HI/c1-4-12-8-16-13(21-12)9-18-14(15-5-2)17-6-11-7-19-20(3)10-11;/h7-8,10H,4-6,9H2,1-3H3,(H2,15,17,18);1H. The van der Waals surface area contributed by atoms with E-state index in [-0.39, 0.29) is 24.0 Å². The van der Waals surface area contributed by atoms with Crippen LogP contribution in [0.25, 0.3) is 0 Å². The lowest BCUT2D eigenvalue weighted by molar-refractivity contribution is 0.766. The fourth-order valence-electron chi connectivity index (χ4n) is 1.82. The van der Waals surface area contributed by atoms with Gasteiger partial charge in [0.25, 0.3) is 0 Å². The van der Waals surface area contributed by atoms with Crippen molar-refractivity contribution in [2.45, 2.75) is 33.4 Å². The highest BCUT2D eigenvalue weighted by Crippen LogP contribution is 2.12. The molecule has 2 rings (SSSR count). The van der Waals surface area contributed by atoms with Crippen molar-refractivity contribution in [3.8, 4) is 0 Å². The van der Waals surface area contributed by atoms with Crippen LogP contribution in [-0.4, -0.2) is 27.3 Å². The molecule has 2 heterocycles. The summed E-state index contributed by atoms with van der Waals surface area (Å²) in [5.41, 5.74) is 1.09. The molecule has 0 aliphatic carbocycles. The number of aliphatic imine (C=N–C) groups is 1. The van der Waals surface area contributed by atoms with Crippen molar-refractivity contribution in [1.29, 1.82) is 0 Å². The minimum atomic E-state index is 0. The van der Waals surface area contributed by atoms with Crippen molar-refractivity contribution in [2.75, 3.05) is 6.54 Å². The molecule has 0 spiro atoms. The average Bonchev–Trinajstić information content (AvgIpc) is 3.10. The summed E-state index contributed by atoms with van der Waals surface area (Å²) in [6, 6.07) is 0. The lowest BCUT2D eigenvalue weighted by Crippen LogP contribution is -2.36. The van der Waals surface area contributed by atoms with E-state index < -0.39 is 0 Å². The summed E-state index contributed by atoms with van der Waals surface area (Å²) in [7, 11) is 1.91. The fourth-order valence-corrected chi connectivity index (χ4v) is 2.62. The van der Waals surface area contributed by atoms with Gasteiger partial charge in [-0.25, -0.2) is 9.98 Å². The van der Waals surface area contributed by atoms with Gasteiger partial charge in [-0.1, -0.05) is 6.92 Å². The molecular weight excluding hydrogens is 411 g/mol. The maximum Gasteiger partial charge on any atom is 0.191 e. The number of hydrogen-bond donors (Lipinski definition) is 2. The number of aromatic nitrogens is 3. The second-order valence-corrected chi connectivity index (χ2v) is 5.84. The van der Waals surface area contributed by atoms with Crippen LogP contribution in [0.3, 0.4) is 0 Å². The largest absolute Gasteiger partial charge is 0.357 e. The van der Waals surface area contributed by atoms with E-state index >= 15 is 0 Å². The van der Waals surface area contributed by atoms with Gasteiger partial charge in [-0.05, 0) is 13.3 Å². The van der Waals surface area contributed by atoms with E-state index in [4.69, 9.17) is 0 Å². The van der Waals surface area contributed by atoms with E-state index in [1.165, 1.54) is 4.88 Å². The molecule has 8 heteroatoms. The van der Waals surface area contributed by atoms with Crippen molar-refractivity contribution in [3.63, 3.8) is 0 Å². The van der Waals surface area contributed by atoms with Crippen LogP contribution in [0, 0.1) is 0 Å². The topological polar surface area (TPSA) is 67.1 Å². The molecule has 0 aliphatic rings. The molecule has 2 aromatic heterocycles. The predicted molar refractivity (Wildman–Crippen MR) is 102 cm³/mol. The molecule has 0 bridgehead atoms. The molecule has 2 N–H and O–H groups in total. The Morgan fingerprint density at radius 1 is 1.32 bits per heavy atom. The Hall–Kier alpha value is -1.16. The smallest absolute Gasteiger partial charge is 0.191 e. The van der Waals surface area contributed by atoms with Gasteiger partial charge in [0.15, 0.2) is 5.96 Å². The first-order valence-electron chi connectivity index (χ1n) is 7.14. The molecule has 0 aliphatic heterocycles. The average molecular weight is 434 g/mol. The van der Waals surface area contributed by atoms with Gasteiger partial charge < -0.3 is 10.6 Å². The minimum absolute atomic E-state index is 0. The molecule has 0 saturated heterocycles. The Bertz CT molecular complexity index is 592. The molecule has 0 atom stereocenters. The Labute approximate surface area is 152 Å². The molecule has 0 aromatic carbocycles. The Kier molecular flexibility index (Phi) is 8.39. The summed E-state index contributed by atoms with van der Waals surface area (Å²) in [5, 5.41) is 11.8. The normalized spacial score (nSPS) is 11.1. The molecule has 122 valence electrons. The van der Waals surface area contributed by atoms with Gasteiger partial charge in [0.05, 0.1) is 19.3 Å². The maximum atomic E-state index is 4.56. The predicted octanol–water partition coefficient (Wildman–Crippen LogP) is 2.31. The minimum Gasteiger partial charge on any atom is -0.357 e. The zero-order valence-corrected chi connectivity index (χ0v) is 16.3. The molecule has 0 fully saturated rings. The number of nitrogens with one attached hydrogen (secondary N) is 2. The van der Waals surface area contributed by atoms with Crippen LogP contribution in [0.2, 0.25) is 0 Å². The van der Waals surface area contributed by atoms with Gasteiger partial charge in [-0.3, -0.25) is 4.68 Å². The third-order valence-electron chi connectivity index (χ3n) is 2.88. The van der Waals surface area contributed by atoms with E-state index in [1.807, 2.05) is 25.6 Å². The van der Waals surface area contributed by atoms with Crippen molar-refractivity contribution in [3.05, 3.63) is 34.0 Å². The quantitative estimate of drug-likeness (QED) is 0.416. The third kappa shape index (κ3) is 5.91. The lowest BCUT2D eigenvalue weighted by Gasteiger charge is -2.09. The lowest BCUT2D eigenvalue weighted by atomic mass is 10.4. The molecule has 0 radical (unpaired) electrons. The molecule has 0 unspecified atom stereocenters. The van der Waals surface area contributed by atoms with Crippen LogP contribution in [0.5, 0.6) is 0 Å². The van der Waals surface area contributed by atoms with Gasteiger partial charge in [-0.2, -0.15) is 5.10 Å². The van der Waals surface area contributed by atoms with E-state index in [0.717, 1.165) is 29.5 Å².